The molecule has 1 aliphatic heterocycles. The van der Waals surface area contributed by atoms with Crippen molar-refractivity contribution in [2.75, 3.05) is 13.1 Å². The van der Waals surface area contributed by atoms with E-state index in [0.717, 1.165) is 30.3 Å². The summed E-state index contributed by atoms with van der Waals surface area (Å²) in [6, 6.07) is 8.02. The fourth-order valence-corrected chi connectivity index (χ4v) is 3.14. The molecule has 1 aliphatic carbocycles. The minimum absolute atomic E-state index is 0.185. The number of benzene rings is 1. The second-order valence-corrected chi connectivity index (χ2v) is 6.18. The summed E-state index contributed by atoms with van der Waals surface area (Å²) >= 11 is 0. The van der Waals surface area contributed by atoms with Crippen molar-refractivity contribution in [1.82, 2.24) is 20.4 Å². The molecule has 1 unspecified atom stereocenters. The van der Waals surface area contributed by atoms with Crippen molar-refractivity contribution in [1.29, 1.82) is 0 Å². The quantitative estimate of drug-likeness (QED) is 0.893. The van der Waals surface area contributed by atoms with Gasteiger partial charge in [-0.1, -0.05) is 18.2 Å². The van der Waals surface area contributed by atoms with Gasteiger partial charge < -0.3 is 10.2 Å². The molecule has 114 valence electrons. The van der Waals surface area contributed by atoms with Crippen LogP contribution in [0.2, 0.25) is 0 Å². The number of nitrogens with zero attached hydrogens (tertiary/aromatic N) is 2. The van der Waals surface area contributed by atoms with E-state index in [2.05, 4.69) is 15.5 Å². The molecular formula is C16H18N4O2. The first kappa shape index (κ1) is 13.3. The summed E-state index contributed by atoms with van der Waals surface area (Å²) in [5, 5.41) is 10.7. The zero-order valence-electron chi connectivity index (χ0n) is 12.2. The molecule has 2 heterocycles. The van der Waals surface area contributed by atoms with Crippen LogP contribution in [-0.4, -0.2) is 46.0 Å². The van der Waals surface area contributed by atoms with Crippen LogP contribution < -0.4 is 5.32 Å². The van der Waals surface area contributed by atoms with E-state index in [-0.39, 0.29) is 17.7 Å². The summed E-state index contributed by atoms with van der Waals surface area (Å²) in [6.45, 7) is 1.29. The number of carbonyl (C=O) groups is 2. The number of likely N-dealkylation sites (tertiary alicyclic amines) is 1. The number of aromatic amines is 1. The molecule has 2 amide bonds. The molecule has 0 radical (unpaired) electrons. The molecule has 22 heavy (non-hydrogen) atoms. The number of hydrogen-bond acceptors (Lipinski definition) is 3. The fraction of sp³-hybridized carbons (Fsp3) is 0.438. The molecule has 0 bridgehead atoms. The number of hydrogen-bond donors (Lipinski definition) is 2. The maximum atomic E-state index is 12.3. The highest BCUT2D eigenvalue weighted by Crippen LogP contribution is 2.32. The lowest BCUT2D eigenvalue weighted by Gasteiger charge is -2.15. The predicted octanol–water partition coefficient (Wildman–Crippen LogP) is 1.30. The molecule has 1 atom stereocenters. The normalized spacial score (nSPS) is 21.5. The predicted molar refractivity (Wildman–Crippen MR) is 81.3 cm³/mol. The van der Waals surface area contributed by atoms with Gasteiger partial charge in [0.15, 0.2) is 5.69 Å². The molecule has 1 saturated heterocycles. The van der Waals surface area contributed by atoms with Gasteiger partial charge in [0.1, 0.15) is 0 Å². The van der Waals surface area contributed by atoms with E-state index >= 15 is 0 Å². The Balaban J connectivity index is 1.39. The molecule has 4 rings (SSSR count). The van der Waals surface area contributed by atoms with Crippen LogP contribution in [-0.2, 0) is 4.79 Å². The van der Waals surface area contributed by atoms with Gasteiger partial charge in [-0.15, -0.1) is 0 Å². The lowest BCUT2D eigenvalue weighted by Crippen LogP contribution is -2.32. The van der Waals surface area contributed by atoms with Crippen molar-refractivity contribution in [2.24, 2.45) is 5.92 Å². The van der Waals surface area contributed by atoms with Crippen LogP contribution in [0.3, 0.4) is 0 Å². The molecule has 2 N–H and O–H groups in total. The molecule has 6 nitrogen and oxygen atoms in total. The molecule has 6 heteroatoms. The van der Waals surface area contributed by atoms with E-state index in [1.165, 1.54) is 0 Å². The van der Waals surface area contributed by atoms with Crippen LogP contribution in [0.25, 0.3) is 10.9 Å². The number of H-pyrrole nitrogens is 1. The first-order valence-electron chi connectivity index (χ1n) is 7.73. The van der Waals surface area contributed by atoms with Gasteiger partial charge in [0.2, 0.25) is 5.91 Å². The lowest BCUT2D eigenvalue weighted by molar-refractivity contribution is -0.128. The third-order valence-corrected chi connectivity index (χ3v) is 4.46. The smallest absolute Gasteiger partial charge is 0.272 e. The van der Waals surface area contributed by atoms with Gasteiger partial charge in [-0.3, -0.25) is 14.7 Å². The maximum absolute atomic E-state index is 12.3. The minimum atomic E-state index is -0.185. The number of carbonyl (C=O) groups excluding carboxylic acids is 2. The average molecular weight is 298 g/mol. The third-order valence-electron chi connectivity index (χ3n) is 4.46. The molecule has 1 aromatic carbocycles. The Morgan fingerprint density at radius 1 is 1.36 bits per heavy atom. The van der Waals surface area contributed by atoms with Gasteiger partial charge in [-0.05, 0) is 18.9 Å². The van der Waals surface area contributed by atoms with Crippen molar-refractivity contribution in [2.45, 2.75) is 25.3 Å². The largest absolute Gasteiger partial charge is 0.350 e. The zero-order valence-corrected chi connectivity index (χ0v) is 12.2. The van der Waals surface area contributed by atoms with Crippen LogP contribution in [0, 0.1) is 5.92 Å². The Hall–Kier alpha value is -2.37. The molecule has 1 saturated carbocycles. The number of para-hydroxylation sites is 1. The van der Waals surface area contributed by atoms with Gasteiger partial charge in [0.25, 0.3) is 5.91 Å². The Bertz CT molecular complexity index is 735. The number of rotatable bonds is 4. The SMILES string of the molecule is O=C(NCC1CC(=O)N(C2CC2)C1)c1n[nH]c2ccccc12. The average Bonchev–Trinajstić information content (AvgIpc) is 3.16. The summed E-state index contributed by atoms with van der Waals surface area (Å²) in [4.78, 5) is 26.2. The van der Waals surface area contributed by atoms with E-state index in [0.29, 0.717) is 24.7 Å². The summed E-state index contributed by atoms with van der Waals surface area (Å²) in [5.41, 5.74) is 1.27. The number of aromatic nitrogens is 2. The molecule has 2 aromatic rings. The van der Waals surface area contributed by atoms with E-state index in [1.807, 2.05) is 29.2 Å². The summed E-state index contributed by atoms with van der Waals surface area (Å²) in [7, 11) is 0. The van der Waals surface area contributed by atoms with Crippen LogP contribution in [0.1, 0.15) is 29.8 Å². The van der Waals surface area contributed by atoms with E-state index in [4.69, 9.17) is 0 Å². The van der Waals surface area contributed by atoms with Gasteiger partial charge in [0, 0.05) is 36.9 Å². The standard InChI is InChI=1S/C16H18N4O2/c21-14-7-10(9-20(14)11-5-6-11)8-17-16(22)15-12-3-1-2-4-13(12)18-19-15/h1-4,10-11H,5-9H2,(H,17,22)(H,18,19). The van der Waals surface area contributed by atoms with Gasteiger partial charge in [-0.2, -0.15) is 5.10 Å². The second kappa shape index (κ2) is 5.12. The van der Waals surface area contributed by atoms with E-state index < -0.39 is 0 Å². The first-order chi connectivity index (χ1) is 10.7. The van der Waals surface area contributed by atoms with Crippen molar-refractivity contribution in [3.05, 3.63) is 30.0 Å². The van der Waals surface area contributed by atoms with Crippen LogP contribution in [0.4, 0.5) is 0 Å². The number of amides is 2. The van der Waals surface area contributed by atoms with Gasteiger partial charge >= 0.3 is 0 Å². The summed E-state index contributed by atoms with van der Waals surface area (Å²) < 4.78 is 0. The van der Waals surface area contributed by atoms with Crippen LogP contribution in [0.5, 0.6) is 0 Å². The van der Waals surface area contributed by atoms with Gasteiger partial charge in [-0.25, -0.2) is 0 Å². The van der Waals surface area contributed by atoms with Crippen LogP contribution in [0.15, 0.2) is 24.3 Å². The molecule has 0 spiro atoms. The fourth-order valence-electron chi connectivity index (χ4n) is 3.14. The van der Waals surface area contributed by atoms with Crippen LogP contribution >= 0.6 is 0 Å². The Morgan fingerprint density at radius 2 is 2.18 bits per heavy atom. The monoisotopic (exact) mass is 298 g/mol. The Kier molecular flexibility index (Phi) is 3.10. The Labute approximate surface area is 127 Å². The van der Waals surface area contributed by atoms with Crippen molar-refractivity contribution >= 4 is 22.7 Å². The van der Waals surface area contributed by atoms with Crippen molar-refractivity contribution in [3.63, 3.8) is 0 Å². The number of fused-ring (bicyclic) bond motifs is 1. The van der Waals surface area contributed by atoms with Crippen molar-refractivity contribution in [3.8, 4) is 0 Å². The summed E-state index contributed by atoms with van der Waals surface area (Å²) in [5.74, 6) is 0.254. The third kappa shape index (κ3) is 2.34. The highest BCUT2D eigenvalue weighted by molar-refractivity contribution is 6.04. The highest BCUT2D eigenvalue weighted by Gasteiger charge is 2.39. The first-order valence-corrected chi connectivity index (χ1v) is 7.73. The Morgan fingerprint density at radius 3 is 3.00 bits per heavy atom. The second-order valence-electron chi connectivity index (χ2n) is 6.18. The van der Waals surface area contributed by atoms with Gasteiger partial charge in [0.05, 0.1) is 5.52 Å². The van der Waals surface area contributed by atoms with Crippen molar-refractivity contribution < 1.29 is 9.59 Å². The topological polar surface area (TPSA) is 78.1 Å². The minimum Gasteiger partial charge on any atom is -0.350 e. The van der Waals surface area contributed by atoms with E-state index in [9.17, 15) is 9.59 Å². The lowest BCUT2D eigenvalue weighted by atomic mass is 10.1. The molecule has 1 aromatic heterocycles. The molecule has 2 fully saturated rings. The molecule has 2 aliphatic rings. The zero-order chi connectivity index (χ0) is 15.1. The number of nitrogens with one attached hydrogen (secondary N) is 2. The summed E-state index contributed by atoms with van der Waals surface area (Å²) in [6.07, 6.45) is 2.80. The van der Waals surface area contributed by atoms with E-state index in [1.54, 1.807) is 0 Å². The highest BCUT2D eigenvalue weighted by atomic mass is 16.2. The molecular weight excluding hydrogens is 280 g/mol. The maximum Gasteiger partial charge on any atom is 0.272 e.